The minimum atomic E-state index is -0.311. The second-order valence-electron chi connectivity index (χ2n) is 4.41. The maximum atomic E-state index is 12.7. The zero-order chi connectivity index (χ0) is 15.1. The molecule has 0 spiro atoms. The van der Waals surface area contributed by atoms with Crippen molar-refractivity contribution in [3.63, 3.8) is 0 Å². The molecule has 0 aliphatic rings. The fourth-order valence-corrected chi connectivity index (χ4v) is 1.73. The van der Waals surface area contributed by atoms with Gasteiger partial charge in [-0.1, -0.05) is 24.3 Å². The van der Waals surface area contributed by atoms with Crippen molar-refractivity contribution < 1.29 is 9.18 Å². The van der Waals surface area contributed by atoms with Crippen LogP contribution in [0.2, 0.25) is 0 Å². The second-order valence-corrected chi connectivity index (χ2v) is 4.41. The molecule has 4 heteroatoms. The van der Waals surface area contributed by atoms with E-state index in [4.69, 9.17) is 5.26 Å². The molecule has 0 unspecified atom stereocenters. The predicted molar refractivity (Wildman–Crippen MR) is 79.8 cm³/mol. The molecule has 21 heavy (non-hydrogen) atoms. The predicted octanol–water partition coefficient (Wildman–Crippen LogP) is 3.54. The standard InChI is InChI=1S/C17H13FN2O/c18-15-6-1-13(2-7-15)5-10-17(21)20-16-8-3-14(4-9-16)11-12-19/h1-10H,11H2,(H,20,21). The Morgan fingerprint density at radius 1 is 1.14 bits per heavy atom. The van der Waals surface area contributed by atoms with Crippen molar-refractivity contribution in [3.05, 3.63) is 71.6 Å². The number of benzene rings is 2. The average molecular weight is 280 g/mol. The molecule has 0 fully saturated rings. The Bertz CT molecular complexity index is 682. The third kappa shape index (κ3) is 4.59. The van der Waals surface area contributed by atoms with Crippen molar-refractivity contribution in [2.45, 2.75) is 6.42 Å². The lowest BCUT2D eigenvalue weighted by molar-refractivity contribution is -0.111. The van der Waals surface area contributed by atoms with Gasteiger partial charge in [0.25, 0.3) is 0 Å². The lowest BCUT2D eigenvalue weighted by atomic mass is 10.1. The van der Waals surface area contributed by atoms with E-state index in [0.29, 0.717) is 12.1 Å². The number of carbonyl (C=O) groups is 1. The number of carbonyl (C=O) groups excluding carboxylic acids is 1. The molecular formula is C17H13FN2O. The molecule has 3 nitrogen and oxygen atoms in total. The van der Waals surface area contributed by atoms with Gasteiger partial charge < -0.3 is 5.32 Å². The molecular weight excluding hydrogens is 267 g/mol. The molecule has 0 aliphatic heterocycles. The number of nitrogens with one attached hydrogen (secondary N) is 1. The van der Waals surface area contributed by atoms with Gasteiger partial charge in [-0.3, -0.25) is 4.79 Å². The lowest BCUT2D eigenvalue weighted by Gasteiger charge is -2.02. The van der Waals surface area contributed by atoms with E-state index in [0.717, 1.165) is 11.1 Å². The van der Waals surface area contributed by atoms with Crippen LogP contribution in [0.1, 0.15) is 11.1 Å². The average Bonchev–Trinajstić information content (AvgIpc) is 2.49. The van der Waals surface area contributed by atoms with E-state index in [-0.39, 0.29) is 11.7 Å². The second kappa shape index (κ2) is 7.01. The van der Waals surface area contributed by atoms with Crippen LogP contribution in [0.5, 0.6) is 0 Å². The lowest BCUT2D eigenvalue weighted by Crippen LogP contribution is -2.07. The van der Waals surface area contributed by atoms with E-state index < -0.39 is 0 Å². The van der Waals surface area contributed by atoms with Crippen LogP contribution in [0.25, 0.3) is 6.08 Å². The van der Waals surface area contributed by atoms with E-state index in [2.05, 4.69) is 11.4 Å². The van der Waals surface area contributed by atoms with Gasteiger partial charge in [-0.25, -0.2) is 4.39 Å². The van der Waals surface area contributed by atoms with Crippen molar-refractivity contribution in [2.75, 3.05) is 5.32 Å². The van der Waals surface area contributed by atoms with Gasteiger partial charge in [-0.15, -0.1) is 0 Å². The molecule has 104 valence electrons. The highest BCUT2D eigenvalue weighted by Gasteiger charge is 1.98. The third-order valence-corrected chi connectivity index (χ3v) is 2.80. The number of hydrogen-bond acceptors (Lipinski definition) is 2. The van der Waals surface area contributed by atoms with Gasteiger partial charge >= 0.3 is 0 Å². The first-order valence-corrected chi connectivity index (χ1v) is 6.38. The summed E-state index contributed by atoms with van der Waals surface area (Å²) in [6, 6.07) is 15.0. The first-order valence-electron chi connectivity index (χ1n) is 6.38. The maximum absolute atomic E-state index is 12.7. The van der Waals surface area contributed by atoms with Crippen LogP contribution in [-0.4, -0.2) is 5.91 Å². The van der Waals surface area contributed by atoms with Crippen molar-refractivity contribution in [1.82, 2.24) is 0 Å². The molecule has 0 bridgehead atoms. The normalized spacial score (nSPS) is 10.3. The molecule has 2 rings (SSSR count). The third-order valence-electron chi connectivity index (χ3n) is 2.80. The smallest absolute Gasteiger partial charge is 0.248 e. The molecule has 2 aromatic carbocycles. The van der Waals surface area contributed by atoms with Gasteiger partial charge in [0.05, 0.1) is 12.5 Å². The summed E-state index contributed by atoms with van der Waals surface area (Å²) >= 11 is 0. The zero-order valence-electron chi connectivity index (χ0n) is 11.2. The van der Waals surface area contributed by atoms with Crippen LogP contribution < -0.4 is 5.32 Å². The number of rotatable bonds is 4. The molecule has 0 radical (unpaired) electrons. The highest BCUT2D eigenvalue weighted by molar-refractivity contribution is 6.01. The van der Waals surface area contributed by atoms with E-state index in [1.807, 2.05) is 0 Å². The minimum Gasteiger partial charge on any atom is -0.323 e. The highest BCUT2D eigenvalue weighted by Crippen LogP contribution is 2.10. The molecule has 0 saturated carbocycles. The summed E-state index contributed by atoms with van der Waals surface area (Å²) in [4.78, 5) is 11.7. The van der Waals surface area contributed by atoms with E-state index in [1.54, 1.807) is 42.5 Å². The Kier molecular flexibility index (Phi) is 4.84. The van der Waals surface area contributed by atoms with Gasteiger partial charge in [0.15, 0.2) is 0 Å². The van der Waals surface area contributed by atoms with Gasteiger partial charge in [0, 0.05) is 11.8 Å². The van der Waals surface area contributed by atoms with E-state index in [9.17, 15) is 9.18 Å². The SMILES string of the molecule is N#CCc1ccc(NC(=O)C=Cc2ccc(F)cc2)cc1. The largest absolute Gasteiger partial charge is 0.323 e. The van der Waals surface area contributed by atoms with E-state index in [1.165, 1.54) is 18.2 Å². The number of anilines is 1. The monoisotopic (exact) mass is 280 g/mol. The molecule has 0 aromatic heterocycles. The molecule has 0 atom stereocenters. The van der Waals surface area contributed by atoms with Gasteiger partial charge in [-0.05, 0) is 41.5 Å². The summed E-state index contributed by atoms with van der Waals surface area (Å²) in [5, 5.41) is 11.3. The Labute approximate surface area is 122 Å². The summed E-state index contributed by atoms with van der Waals surface area (Å²) in [7, 11) is 0. The van der Waals surface area contributed by atoms with Crippen LogP contribution in [0.15, 0.2) is 54.6 Å². The van der Waals surface area contributed by atoms with Crippen molar-refractivity contribution in [2.24, 2.45) is 0 Å². The first-order chi connectivity index (χ1) is 10.2. The summed E-state index contributed by atoms with van der Waals surface area (Å²) in [5.41, 5.74) is 2.30. The van der Waals surface area contributed by atoms with Gasteiger partial charge in [0.1, 0.15) is 5.82 Å². The van der Waals surface area contributed by atoms with Gasteiger partial charge in [-0.2, -0.15) is 5.26 Å². The summed E-state index contributed by atoms with van der Waals surface area (Å²) in [6.45, 7) is 0. The zero-order valence-corrected chi connectivity index (χ0v) is 11.2. The molecule has 1 N–H and O–H groups in total. The van der Waals surface area contributed by atoms with Crippen LogP contribution in [0.4, 0.5) is 10.1 Å². The summed E-state index contributed by atoms with van der Waals surface area (Å²) in [5.74, 6) is -0.582. The number of halogens is 1. The first kappa shape index (κ1) is 14.5. The van der Waals surface area contributed by atoms with Crippen LogP contribution >= 0.6 is 0 Å². The fraction of sp³-hybridized carbons (Fsp3) is 0.0588. The molecule has 1 amide bonds. The number of hydrogen-bond donors (Lipinski definition) is 1. The fourth-order valence-electron chi connectivity index (χ4n) is 1.73. The summed E-state index contributed by atoms with van der Waals surface area (Å²) in [6.07, 6.45) is 3.34. The Morgan fingerprint density at radius 2 is 1.81 bits per heavy atom. The minimum absolute atomic E-state index is 0.271. The maximum Gasteiger partial charge on any atom is 0.248 e. The van der Waals surface area contributed by atoms with Crippen molar-refractivity contribution >= 4 is 17.7 Å². The topological polar surface area (TPSA) is 52.9 Å². The molecule has 2 aromatic rings. The molecule has 0 aliphatic carbocycles. The Hall–Kier alpha value is -2.93. The number of nitriles is 1. The Morgan fingerprint density at radius 3 is 2.43 bits per heavy atom. The quantitative estimate of drug-likeness (QED) is 0.871. The number of nitrogens with zero attached hydrogens (tertiary/aromatic N) is 1. The van der Waals surface area contributed by atoms with Crippen molar-refractivity contribution in [3.8, 4) is 6.07 Å². The van der Waals surface area contributed by atoms with E-state index >= 15 is 0 Å². The molecule has 0 heterocycles. The van der Waals surface area contributed by atoms with Gasteiger partial charge in [0.2, 0.25) is 5.91 Å². The van der Waals surface area contributed by atoms with Crippen LogP contribution in [0, 0.1) is 17.1 Å². The van der Waals surface area contributed by atoms with Crippen molar-refractivity contribution in [1.29, 1.82) is 5.26 Å². The number of amides is 1. The Balaban J connectivity index is 1.95. The molecule has 0 saturated heterocycles. The highest BCUT2D eigenvalue weighted by atomic mass is 19.1. The van der Waals surface area contributed by atoms with Crippen LogP contribution in [-0.2, 0) is 11.2 Å². The van der Waals surface area contributed by atoms with Crippen LogP contribution in [0.3, 0.4) is 0 Å². The summed E-state index contributed by atoms with van der Waals surface area (Å²) < 4.78 is 12.7.